The number of rotatable bonds is 3. The Morgan fingerprint density at radius 3 is 2.52 bits per heavy atom. The van der Waals surface area contributed by atoms with Crippen LogP contribution in [0.1, 0.15) is 24.2 Å². The summed E-state index contributed by atoms with van der Waals surface area (Å²) in [6.45, 7) is 4.56. The van der Waals surface area contributed by atoms with E-state index in [1.807, 2.05) is 38.1 Å². The van der Waals surface area contributed by atoms with Gasteiger partial charge in [0.2, 0.25) is 0 Å². The van der Waals surface area contributed by atoms with Crippen molar-refractivity contribution >= 4 is 33.0 Å². The molecule has 4 nitrogen and oxygen atoms in total. The number of aryl methyl sites for hydroxylation is 1. The van der Waals surface area contributed by atoms with E-state index >= 15 is 0 Å². The second-order valence-corrected chi connectivity index (χ2v) is 9.55. The molecule has 3 rings (SSSR count). The van der Waals surface area contributed by atoms with E-state index in [1.165, 1.54) is 4.31 Å². The predicted octanol–water partition coefficient (Wildman–Crippen LogP) is 3.86. The van der Waals surface area contributed by atoms with Gasteiger partial charge in [0.05, 0.1) is 17.0 Å². The number of morpholine rings is 1. The van der Waals surface area contributed by atoms with Gasteiger partial charge in [0.15, 0.2) is 0 Å². The van der Waals surface area contributed by atoms with Gasteiger partial charge in [-0.15, -0.1) is 11.3 Å². The molecule has 1 aliphatic rings. The van der Waals surface area contributed by atoms with E-state index in [9.17, 15) is 8.42 Å². The molecular weight excluding hydrogens is 354 g/mol. The van der Waals surface area contributed by atoms with E-state index in [1.54, 1.807) is 12.1 Å². The summed E-state index contributed by atoms with van der Waals surface area (Å²) in [5.41, 5.74) is 2.16. The van der Waals surface area contributed by atoms with Gasteiger partial charge in [0.1, 0.15) is 4.21 Å². The molecule has 0 spiro atoms. The average molecular weight is 372 g/mol. The minimum absolute atomic E-state index is 0.206. The Hall–Kier alpha value is -0.920. The molecule has 0 radical (unpaired) electrons. The maximum Gasteiger partial charge on any atom is 0.253 e. The van der Waals surface area contributed by atoms with E-state index in [0.29, 0.717) is 17.5 Å². The molecule has 23 heavy (non-hydrogen) atoms. The summed E-state index contributed by atoms with van der Waals surface area (Å²) >= 11 is 6.98. The van der Waals surface area contributed by atoms with E-state index in [0.717, 1.165) is 22.5 Å². The molecule has 1 saturated heterocycles. The molecule has 1 fully saturated rings. The number of hydrogen-bond acceptors (Lipinski definition) is 4. The normalized spacial score (nSPS) is 23.1. The van der Waals surface area contributed by atoms with Crippen LogP contribution in [0.3, 0.4) is 0 Å². The first kappa shape index (κ1) is 16.9. The van der Waals surface area contributed by atoms with E-state index in [2.05, 4.69) is 0 Å². The second-order valence-electron chi connectivity index (χ2n) is 5.71. The van der Waals surface area contributed by atoms with Crippen molar-refractivity contribution in [1.29, 1.82) is 0 Å². The van der Waals surface area contributed by atoms with E-state index in [4.69, 9.17) is 16.3 Å². The molecule has 7 heteroatoms. The summed E-state index contributed by atoms with van der Waals surface area (Å²) in [5.74, 6) is 0. The number of benzene rings is 1. The van der Waals surface area contributed by atoms with Gasteiger partial charge >= 0.3 is 0 Å². The number of hydrogen-bond donors (Lipinski definition) is 0. The zero-order valence-corrected chi connectivity index (χ0v) is 15.3. The highest BCUT2D eigenvalue weighted by molar-refractivity contribution is 7.91. The van der Waals surface area contributed by atoms with Crippen LogP contribution in [-0.4, -0.2) is 31.9 Å². The van der Waals surface area contributed by atoms with Crippen molar-refractivity contribution in [3.63, 3.8) is 0 Å². The van der Waals surface area contributed by atoms with Crippen LogP contribution in [0.4, 0.5) is 0 Å². The maximum absolute atomic E-state index is 12.9. The van der Waals surface area contributed by atoms with Crippen LogP contribution in [0.2, 0.25) is 4.34 Å². The fraction of sp³-hybridized carbons (Fsp3) is 0.375. The highest BCUT2D eigenvalue weighted by Gasteiger charge is 2.36. The van der Waals surface area contributed by atoms with Crippen molar-refractivity contribution in [3.05, 3.63) is 51.9 Å². The highest BCUT2D eigenvalue weighted by atomic mass is 35.5. The summed E-state index contributed by atoms with van der Waals surface area (Å²) in [7, 11) is -3.55. The Morgan fingerprint density at radius 2 is 1.91 bits per heavy atom. The lowest BCUT2D eigenvalue weighted by Gasteiger charge is -2.36. The fourth-order valence-corrected chi connectivity index (χ4v) is 5.83. The third kappa shape index (κ3) is 3.46. The van der Waals surface area contributed by atoms with E-state index in [-0.39, 0.29) is 16.4 Å². The lowest BCUT2D eigenvalue weighted by molar-refractivity contribution is -0.0287. The zero-order valence-electron chi connectivity index (χ0n) is 12.9. The summed E-state index contributed by atoms with van der Waals surface area (Å²) in [4.78, 5) is 0. The predicted molar refractivity (Wildman–Crippen MR) is 92.6 cm³/mol. The Balaban J connectivity index is 1.87. The molecule has 2 atom stereocenters. The van der Waals surface area contributed by atoms with Gasteiger partial charge in [0, 0.05) is 12.6 Å². The number of halogens is 1. The molecular formula is C16H18ClNO3S2. The molecule has 2 heterocycles. The minimum Gasteiger partial charge on any atom is -0.370 e. The van der Waals surface area contributed by atoms with Gasteiger partial charge in [-0.25, -0.2) is 8.42 Å². The smallest absolute Gasteiger partial charge is 0.253 e. The molecule has 0 amide bonds. The van der Waals surface area contributed by atoms with Gasteiger partial charge in [0.25, 0.3) is 10.0 Å². The van der Waals surface area contributed by atoms with Crippen LogP contribution in [0.25, 0.3) is 0 Å². The molecule has 2 unspecified atom stereocenters. The topological polar surface area (TPSA) is 46.6 Å². The van der Waals surface area contributed by atoms with E-state index < -0.39 is 10.0 Å². The Kier molecular flexibility index (Phi) is 4.80. The molecule has 0 N–H and O–H groups in total. The summed E-state index contributed by atoms with van der Waals surface area (Å²) in [5, 5.41) is 0. The standard InChI is InChI=1S/C16H18ClNO3S2/c1-11-3-5-13(6-4-11)14-9-18(12(2)10-21-14)23(19,20)16-8-7-15(17)22-16/h3-8,12,14H,9-10H2,1-2H3. The van der Waals surface area contributed by atoms with Crippen LogP contribution in [0, 0.1) is 6.92 Å². The summed E-state index contributed by atoms with van der Waals surface area (Å²) in [6, 6.07) is 11.0. The monoisotopic (exact) mass is 371 g/mol. The molecule has 1 aromatic carbocycles. The Labute approximate surface area is 145 Å². The van der Waals surface area contributed by atoms with Gasteiger partial charge in [-0.05, 0) is 31.5 Å². The first-order valence-corrected chi connectivity index (χ1v) is 9.97. The largest absolute Gasteiger partial charge is 0.370 e. The van der Waals surface area contributed by atoms with Gasteiger partial charge in [-0.2, -0.15) is 4.31 Å². The average Bonchev–Trinajstić information content (AvgIpc) is 2.96. The van der Waals surface area contributed by atoms with Crippen molar-refractivity contribution in [2.75, 3.05) is 13.2 Å². The van der Waals surface area contributed by atoms with Crippen molar-refractivity contribution < 1.29 is 13.2 Å². The quantitative estimate of drug-likeness (QED) is 0.823. The zero-order chi connectivity index (χ0) is 16.6. The molecule has 124 valence electrons. The highest BCUT2D eigenvalue weighted by Crippen LogP contribution is 2.33. The summed E-state index contributed by atoms with van der Waals surface area (Å²) < 4.78 is 33.8. The molecule has 0 saturated carbocycles. The van der Waals surface area contributed by atoms with Crippen LogP contribution in [0.15, 0.2) is 40.6 Å². The first-order valence-electron chi connectivity index (χ1n) is 7.33. The van der Waals surface area contributed by atoms with Crippen molar-refractivity contribution in [1.82, 2.24) is 4.31 Å². The van der Waals surface area contributed by atoms with Gasteiger partial charge in [-0.3, -0.25) is 0 Å². The van der Waals surface area contributed by atoms with Crippen LogP contribution in [0.5, 0.6) is 0 Å². The molecule has 2 aromatic rings. The minimum atomic E-state index is -3.55. The van der Waals surface area contributed by atoms with Crippen LogP contribution in [-0.2, 0) is 14.8 Å². The van der Waals surface area contributed by atoms with Crippen molar-refractivity contribution in [2.45, 2.75) is 30.2 Å². The first-order chi connectivity index (χ1) is 10.9. The molecule has 1 aromatic heterocycles. The molecule has 0 bridgehead atoms. The number of thiophene rings is 1. The number of ether oxygens (including phenoxy) is 1. The van der Waals surface area contributed by atoms with Gasteiger partial charge < -0.3 is 4.74 Å². The Bertz CT molecular complexity index is 786. The third-order valence-corrected chi connectivity index (χ3v) is 7.62. The lowest BCUT2D eigenvalue weighted by Crippen LogP contribution is -2.47. The lowest BCUT2D eigenvalue weighted by atomic mass is 10.1. The second kappa shape index (κ2) is 6.53. The fourth-order valence-electron chi connectivity index (χ4n) is 2.60. The third-order valence-electron chi connectivity index (χ3n) is 3.94. The van der Waals surface area contributed by atoms with Crippen LogP contribution < -0.4 is 0 Å². The SMILES string of the molecule is Cc1ccc(C2CN(S(=O)(=O)c3ccc(Cl)s3)C(C)CO2)cc1. The van der Waals surface area contributed by atoms with Crippen LogP contribution >= 0.6 is 22.9 Å². The van der Waals surface area contributed by atoms with Crippen molar-refractivity contribution in [3.8, 4) is 0 Å². The molecule has 1 aliphatic heterocycles. The Morgan fingerprint density at radius 1 is 1.22 bits per heavy atom. The van der Waals surface area contributed by atoms with Gasteiger partial charge in [-0.1, -0.05) is 41.4 Å². The maximum atomic E-state index is 12.9. The number of nitrogens with zero attached hydrogens (tertiary/aromatic N) is 1. The molecule has 0 aliphatic carbocycles. The number of sulfonamides is 1. The summed E-state index contributed by atoms with van der Waals surface area (Å²) in [6.07, 6.45) is -0.253. The van der Waals surface area contributed by atoms with Crippen molar-refractivity contribution in [2.24, 2.45) is 0 Å².